The molecule has 2 aromatic rings. The third kappa shape index (κ3) is 3.45. The van der Waals surface area contributed by atoms with Crippen molar-refractivity contribution in [3.63, 3.8) is 0 Å². The van der Waals surface area contributed by atoms with Crippen molar-refractivity contribution in [1.29, 1.82) is 0 Å². The highest BCUT2D eigenvalue weighted by Crippen LogP contribution is 2.26. The number of para-hydroxylation sites is 1. The van der Waals surface area contributed by atoms with Gasteiger partial charge >= 0.3 is 0 Å². The minimum absolute atomic E-state index is 0.0220. The number of amides is 1. The number of nitrogens with zero attached hydrogens (tertiary/aromatic N) is 3. The van der Waals surface area contributed by atoms with Crippen LogP contribution in [-0.4, -0.2) is 23.0 Å². The first kappa shape index (κ1) is 15.0. The van der Waals surface area contributed by atoms with Gasteiger partial charge in [-0.05, 0) is 29.8 Å². The normalized spacial score (nSPS) is 16.9. The SMILES string of the molecule is O=C1CSC(=NN=Cc2ccc(Br)cc2)N1c1ccccc1. The number of carbonyl (C=O) groups excluding carboxylic acids is 1. The van der Waals surface area contributed by atoms with Crippen molar-refractivity contribution >= 4 is 50.7 Å². The fourth-order valence-corrected chi connectivity index (χ4v) is 3.05. The molecule has 6 heteroatoms. The summed E-state index contributed by atoms with van der Waals surface area (Å²) in [5.41, 5.74) is 1.77. The Morgan fingerprint density at radius 1 is 1.09 bits per heavy atom. The smallest absolute Gasteiger partial charge is 0.243 e. The van der Waals surface area contributed by atoms with Crippen molar-refractivity contribution < 1.29 is 4.79 Å². The molecule has 1 aliphatic heterocycles. The van der Waals surface area contributed by atoms with E-state index in [0.717, 1.165) is 15.7 Å². The number of rotatable bonds is 3. The molecule has 1 heterocycles. The van der Waals surface area contributed by atoms with Crippen LogP contribution < -0.4 is 4.90 Å². The number of halogens is 1. The third-order valence-electron chi connectivity index (χ3n) is 3.00. The highest BCUT2D eigenvalue weighted by molar-refractivity contribution is 9.10. The van der Waals surface area contributed by atoms with Gasteiger partial charge in [0, 0.05) is 4.47 Å². The number of amidine groups is 1. The van der Waals surface area contributed by atoms with E-state index in [2.05, 4.69) is 26.1 Å². The zero-order valence-corrected chi connectivity index (χ0v) is 13.9. The van der Waals surface area contributed by atoms with Gasteiger partial charge in [0.25, 0.3) is 0 Å². The Labute approximate surface area is 141 Å². The van der Waals surface area contributed by atoms with E-state index < -0.39 is 0 Å². The summed E-state index contributed by atoms with van der Waals surface area (Å²) in [5, 5.41) is 8.89. The van der Waals surface area contributed by atoms with Crippen LogP contribution in [0.15, 0.2) is 69.3 Å². The van der Waals surface area contributed by atoms with Gasteiger partial charge in [0.1, 0.15) is 0 Å². The largest absolute Gasteiger partial charge is 0.273 e. The lowest BCUT2D eigenvalue weighted by Gasteiger charge is -2.14. The Balaban J connectivity index is 1.80. The lowest BCUT2D eigenvalue weighted by Crippen LogP contribution is -2.28. The van der Waals surface area contributed by atoms with Crippen LogP contribution in [0.3, 0.4) is 0 Å². The van der Waals surface area contributed by atoms with Crippen LogP contribution in [0.5, 0.6) is 0 Å². The van der Waals surface area contributed by atoms with Gasteiger partial charge in [0.05, 0.1) is 17.7 Å². The highest BCUT2D eigenvalue weighted by atomic mass is 79.9. The van der Waals surface area contributed by atoms with Crippen molar-refractivity contribution in [3.05, 3.63) is 64.6 Å². The van der Waals surface area contributed by atoms with Crippen molar-refractivity contribution in [2.45, 2.75) is 0 Å². The van der Waals surface area contributed by atoms with Crippen LogP contribution in [0.4, 0.5) is 5.69 Å². The average Bonchev–Trinajstić information content (AvgIpc) is 2.91. The van der Waals surface area contributed by atoms with E-state index in [1.807, 2.05) is 54.6 Å². The van der Waals surface area contributed by atoms with Crippen LogP contribution in [0.1, 0.15) is 5.56 Å². The molecule has 0 atom stereocenters. The molecule has 0 bridgehead atoms. The van der Waals surface area contributed by atoms with Crippen LogP contribution in [0.2, 0.25) is 0 Å². The lowest BCUT2D eigenvalue weighted by molar-refractivity contribution is -0.115. The topological polar surface area (TPSA) is 45.0 Å². The molecule has 3 rings (SSSR count). The highest BCUT2D eigenvalue weighted by Gasteiger charge is 2.29. The molecule has 0 saturated carbocycles. The van der Waals surface area contributed by atoms with E-state index in [-0.39, 0.29) is 5.91 Å². The van der Waals surface area contributed by atoms with Crippen LogP contribution in [0.25, 0.3) is 0 Å². The second kappa shape index (κ2) is 6.89. The van der Waals surface area contributed by atoms with Gasteiger partial charge in [-0.2, -0.15) is 5.10 Å². The minimum atomic E-state index is 0.0220. The Morgan fingerprint density at radius 2 is 1.82 bits per heavy atom. The monoisotopic (exact) mass is 373 g/mol. The van der Waals surface area contributed by atoms with Crippen molar-refractivity contribution in [3.8, 4) is 0 Å². The molecule has 22 heavy (non-hydrogen) atoms. The minimum Gasteiger partial charge on any atom is -0.273 e. The zero-order valence-electron chi connectivity index (χ0n) is 11.5. The van der Waals surface area contributed by atoms with E-state index in [9.17, 15) is 4.79 Å². The van der Waals surface area contributed by atoms with Gasteiger partial charge in [-0.15, -0.1) is 5.10 Å². The van der Waals surface area contributed by atoms with Crippen LogP contribution >= 0.6 is 27.7 Å². The van der Waals surface area contributed by atoms with Crippen LogP contribution in [0, 0.1) is 0 Å². The Morgan fingerprint density at radius 3 is 2.55 bits per heavy atom. The summed E-state index contributed by atoms with van der Waals surface area (Å²) in [7, 11) is 0. The maximum Gasteiger partial charge on any atom is 0.243 e. The van der Waals surface area contributed by atoms with E-state index in [4.69, 9.17) is 0 Å². The van der Waals surface area contributed by atoms with Gasteiger partial charge in [-0.1, -0.05) is 58.0 Å². The summed E-state index contributed by atoms with van der Waals surface area (Å²) in [4.78, 5) is 13.6. The summed E-state index contributed by atoms with van der Waals surface area (Å²) in [6.45, 7) is 0. The second-order valence-corrected chi connectivity index (χ2v) is 6.39. The number of carbonyl (C=O) groups is 1. The number of benzene rings is 2. The lowest BCUT2D eigenvalue weighted by atomic mass is 10.2. The van der Waals surface area contributed by atoms with Gasteiger partial charge in [0.15, 0.2) is 5.17 Å². The quantitative estimate of drug-likeness (QED) is 0.604. The molecule has 0 N–H and O–H groups in total. The molecule has 0 radical (unpaired) electrons. The molecule has 4 nitrogen and oxygen atoms in total. The standard InChI is InChI=1S/C16H12BrN3OS/c17-13-8-6-12(7-9-13)10-18-19-16-20(15(21)11-22-16)14-4-2-1-3-5-14/h1-10H,11H2. The summed E-state index contributed by atoms with van der Waals surface area (Å²) in [6, 6.07) is 17.3. The summed E-state index contributed by atoms with van der Waals surface area (Å²) in [5.74, 6) is 0.412. The molecule has 2 aromatic carbocycles. The van der Waals surface area contributed by atoms with E-state index in [1.165, 1.54) is 11.8 Å². The van der Waals surface area contributed by atoms with E-state index >= 15 is 0 Å². The van der Waals surface area contributed by atoms with E-state index in [0.29, 0.717) is 10.9 Å². The molecule has 1 fully saturated rings. The van der Waals surface area contributed by atoms with E-state index in [1.54, 1.807) is 11.1 Å². The molecular weight excluding hydrogens is 362 g/mol. The fourth-order valence-electron chi connectivity index (χ4n) is 1.96. The Kier molecular flexibility index (Phi) is 4.70. The molecule has 1 amide bonds. The first-order chi connectivity index (χ1) is 10.7. The zero-order chi connectivity index (χ0) is 15.4. The molecule has 0 unspecified atom stereocenters. The number of hydrogen-bond donors (Lipinski definition) is 0. The number of thioether (sulfide) groups is 1. The van der Waals surface area contributed by atoms with Crippen molar-refractivity contribution in [1.82, 2.24) is 0 Å². The van der Waals surface area contributed by atoms with Gasteiger partial charge < -0.3 is 0 Å². The van der Waals surface area contributed by atoms with Crippen LogP contribution in [-0.2, 0) is 4.79 Å². The Bertz CT molecular complexity index is 729. The van der Waals surface area contributed by atoms with Gasteiger partial charge in [0.2, 0.25) is 5.91 Å². The summed E-state index contributed by atoms with van der Waals surface area (Å²) in [6.07, 6.45) is 1.67. The molecule has 110 valence electrons. The maximum absolute atomic E-state index is 12.0. The van der Waals surface area contributed by atoms with Crippen molar-refractivity contribution in [2.75, 3.05) is 10.7 Å². The molecule has 0 aliphatic carbocycles. The number of hydrogen-bond acceptors (Lipinski definition) is 4. The molecule has 0 aromatic heterocycles. The maximum atomic E-state index is 12.0. The summed E-state index contributed by atoms with van der Waals surface area (Å²) < 4.78 is 1.02. The molecular formula is C16H12BrN3OS. The first-order valence-corrected chi connectivity index (χ1v) is 8.39. The predicted octanol–water partition coefficient (Wildman–Crippen LogP) is 3.92. The molecule has 0 spiro atoms. The fraction of sp³-hybridized carbons (Fsp3) is 0.0625. The predicted molar refractivity (Wildman–Crippen MR) is 95.6 cm³/mol. The first-order valence-electron chi connectivity index (χ1n) is 6.61. The molecule has 1 saturated heterocycles. The van der Waals surface area contributed by atoms with Gasteiger partial charge in [-0.25, -0.2) is 0 Å². The second-order valence-electron chi connectivity index (χ2n) is 4.53. The average molecular weight is 374 g/mol. The summed E-state index contributed by atoms with van der Waals surface area (Å²) >= 11 is 4.78. The number of anilines is 1. The third-order valence-corrected chi connectivity index (χ3v) is 4.44. The van der Waals surface area contributed by atoms with Gasteiger partial charge in [-0.3, -0.25) is 9.69 Å². The van der Waals surface area contributed by atoms with Crippen molar-refractivity contribution in [2.24, 2.45) is 10.2 Å². The molecule has 1 aliphatic rings. The Hall–Kier alpha value is -1.92.